The van der Waals surface area contributed by atoms with Crippen molar-refractivity contribution < 1.29 is 14.6 Å². The molecule has 0 aromatic heterocycles. The van der Waals surface area contributed by atoms with Crippen LogP contribution < -0.4 is 10.5 Å². The minimum absolute atomic E-state index is 0.00204. The van der Waals surface area contributed by atoms with E-state index in [0.29, 0.717) is 5.75 Å². The maximum absolute atomic E-state index is 11.0. The van der Waals surface area contributed by atoms with Gasteiger partial charge in [-0.25, -0.2) is 0 Å². The fourth-order valence-electron chi connectivity index (χ4n) is 1.58. The van der Waals surface area contributed by atoms with Gasteiger partial charge in [-0.3, -0.25) is 4.79 Å². The van der Waals surface area contributed by atoms with E-state index in [1.54, 1.807) is 0 Å². The summed E-state index contributed by atoms with van der Waals surface area (Å²) in [6, 6.07) is 5.51. The summed E-state index contributed by atoms with van der Waals surface area (Å²) in [5.41, 5.74) is 5.24. The molecular weight excluding hydrogens is 262 g/mol. The number of carboxylic acid groups (broad SMARTS) is 1. The molecule has 3 N–H and O–H groups in total. The molecule has 0 bridgehead atoms. The van der Waals surface area contributed by atoms with Crippen LogP contribution in [0.15, 0.2) is 22.7 Å². The third-order valence-corrected chi connectivity index (χ3v) is 3.08. The number of halogens is 1. The fraction of sp³-hybridized carbons (Fsp3) is 0.300. The van der Waals surface area contributed by atoms with Gasteiger partial charge in [-0.2, -0.15) is 0 Å². The van der Waals surface area contributed by atoms with Crippen LogP contribution in [0.5, 0.6) is 5.75 Å². The minimum Gasteiger partial charge on any atom is -0.490 e. The monoisotopic (exact) mass is 271 g/mol. The number of aliphatic carboxylic acids is 1. The lowest BCUT2D eigenvalue weighted by atomic mass is 9.90. The molecule has 0 radical (unpaired) electrons. The average Bonchev–Trinajstić information content (AvgIpc) is 2.17. The lowest BCUT2D eigenvalue weighted by Crippen LogP contribution is -2.56. The molecule has 15 heavy (non-hydrogen) atoms. The Balaban J connectivity index is 2.39. The first kappa shape index (κ1) is 10.4. The van der Waals surface area contributed by atoms with Crippen LogP contribution in [-0.4, -0.2) is 23.2 Å². The van der Waals surface area contributed by atoms with E-state index in [9.17, 15) is 4.79 Å². The average molecular weight is 272 g/mol. The highest BCUT2D eigenvalue weighted by atomic mass is 79.9. The zero-order valence-electron chi connectivity index (χ0n) is 7.87. The van der Waals surface area contributed by atoms with Crippen molar-refractivity contribution >= 4 is 21.9 Å². The molecule has 1 aromatic rings. The van der Waals surface area contributed by atoms with Gasteiger partial charge >= 0.3 is 5.97 Å². The largest absolute Gasteiger partial charge is 0.490 e. The normalized spacial score (nSPS) is 24.1. The van der Waals surface area contributed by atoms with Gasteiger partial charge in [0.05, 0.1) is 4.47 Å². The first-order valence-electron chi connectivity index (χ1n) is 4.45. The lowest BCUT2D eigenvalue weighted by Gasteiger charge is -2.31. The molecule has 80 valence electrons. The Kier molecular flexibility index (Phi) is 2.44. The van der Waals surface area contributed by atoms with E-state index >= 15 is 0 Å². The van der Waals surface area contributed by atoms with Gasteiger partial charge in [0.25, 0.3) is 0 Å². The van der Waals surface area contributed by atoms with Crippen molar-refractivity contribution in [2.24, 2.45) is 5.73 Å². The van der Waals surface area contributed by atoms with Gasteiger partial charge < -0.3 is 15.6 Å². The third-order valence-electron chi connectivity index (χ3n) is 2.45. The topological polar surface area (TPSA) is 72.6 Å². The number of hydrogen-bond donors (Lipinski definition) is 2. The van der Waals surface area contributed by atoms with Gasteiger partial charge in [-0.05, 0) is 27.6 Å². The van der Waals surface area contributed by atoms with Gasteiger partial charge in [-0.1, -0.05) is 12.1 Å². The molecular formula is C10H10BrNO3. The number of nitrogens with two attached hydrogens (primary N) is 1. The zero-order chi connectivity index (χ0) is 11.1. The molecule has 0 fully saturated rings. The van der Waals surface area contributed by atoms with E-state index in [1.165, 1.54) is 0 Å². The summed E-state index contributed by atoms with van der Waals surface area (Å²) in [4.78, 5) is 11.0. The van der Waals surface area contributed by atoms with E-state index in [1.807, 2.05) is 18.2 Å². The zero-order valence-corrected chi connectivity index (χ0v) is 9.45. The highest BCUT2D eigenvalue weighted by Crippen LogP contribution is 2.34. The van der Waals surface area contributed by atoms with Crippen molar-refractivity contribution in [2.75, 3.05) is 6.61 Å². The maximum atomic E-state index is 11.0. The highest BCUT2D eigenvalue weighted by molar-refractivity contribution is 9.10. The number of ether oxygens (including phenoxy) is 1. The molecule has 1 aromatic carbocycles. The number of carboxylic acids is 1. The first-order chi connectivity index (χ1) is 7.03. The quantitative estimate of drug-likeness (QED) is 0.804. The SMILES string of the molecule is NC1(C(=O)O)COc2c(Br)cccc2C1. The van der Waals surface area contributed by atoms with Crippen LogP contribution in [0.3, 0.4) is 0 Å². The van der Waals surface area contributed by atoms with Gasteiger partial charge in [0.1, 0.15) is 12.4 Å². The number of para-hydroxylation sites is 1. The Bertz CT molecular complexity index is 421. The van der Waals surface area contributed by atoms with Crippen LogP contribution in [0.1, 0.15) is 5.56 Å². The van der Waals surface area contributed by atoms with E-state index in [-0.39, 0.29) is 13.0 Å². The Labute approximate surface area is 95.2 Å². The predicted octanol–water partition coefficient (Wildman–Crippen LogP) is 1.17. The molecule has 0 saturated heterocycles. The van der Waals surface area contributed by atoms with Gasteiger partial charge in [0.15, 0.2) is 5.54 Å². The van der Waals surface area contributed by atoms with Gasteiger partial charge in [0, 0.05) is 6.42 Å². The second-order valence-electron chi connectivity index (χ2n) is 3.65. The molecule has 1 aliphatic heterocycles. The molecule has 1 unspecified atom stereocenters. The second-order valence-corrected chi connectivity index (χ2v) is 4.51. The van der Waals surface area contributed by atoms with E-state index in [0.717, 1.165) is 10.0 Å². The molecule has 0 aliphatic carbocycles. The van der Waals surface area contributed by atoms with Crippen molar-refractivity contribution in [1.82, 2.24) is 0 Å². The maximum Gasteiger partial charge on any atom is 0.327 e. The predicted molar refractivity (Wildman–Crippen MR) is 57.9 cm³/mol. The van der Waals surface area contributed by atoms with Crippen LogP contribution in [0, 0.1) is 0 Å². The lowest BCUT2D eigenvalue weighted by molar-refractivity contribution is -0.145. The number of benzene rings is 1. The standard InChI is InChI=1S/C10H10BrNO3/c11-7-3-1-2-6-4-10(12,9(13)14)5-15-8(6)7/h1-3H,4-5,12H2,(H,13,14). The molecule has 2 rings (SSSR count). The van der Waals surface area contributed by atoms with Crippen LogP contribution in [0.4, 0.5) is 0 Å². The summed E-state index contributed by atoms with van der Waals surface area (Å²) in [7, 11) is 0. The molecule has 1 atom stereocenters. The number of fused-ring (bicyclic) bond motifs is 1. The van der Waals surface area contributed by atoms with Crippen molar-refractivity contribution in [2.45, 2.75) is 12.0 Å². The van der Waals surface area contributed by atoms with Crippen LogP contribution in [0.2, 0.25) is 0 Å². The van der Waals surface area contributed by atoms with E-state index in [2.05, 4.69) is 15.9 Å². The number of carbonyl (C=O) groups is 1. The Morgan fingerprint density at radius 3 is 3.00 bits per heavy atom. The van der Waals surface area contributed by atoms with E-state index in [4.69, 9.17) is 15.6 Å². The molecule has 0 amide bonds. The Hall–Kier alpha value is -1.07. The van der Waals surface area contributed by atoms with Crippen molar-refractivity contribution in [3.05, 3.63) is 28.2 Å². The molecule has 5 heteroatoms. The fourth-order valence-corrected chi connectivity index (χ4v) is 2.11. The van der Waals surface area contributed by atoms with E-state index < -0.39 is 11.5 Å². The molecule has 0 spiro atoms. The summed E-state index contributed by atoms with van der Waals surface area (Å²) in [5, 5.41) is 8.98. The van der Waals surface area contributed by atoms with Crippen molar-refractivity contribution in [1.29, 1.82) is 0 Å². The first-order valence-corrected chi connectivity index (χ1v) is 5.25. The third kappa shape index (κ3) is 1.72. The summed E-state index contributed by atoms with van der Waals surface area (Å²) < 4.78 is 6.20. The minimum atomic E-state index is -1.31. The smallest absolute Gasteiger partial charge is 0.327 e. The Morgan fingerprint density at radius 2 is 2.33 bits per heavy atom. The van der Waals surface area contributed by atoms with Crippen LogP contribution in [0.25, 0.3) is 0 Å². The number of rotatable bonds is 1. The summed E-state index contributed by atoms with van der Waals surface area (Å²) in [6.45, 7) is -0.00204. The molecule has 4 nitrogen and oxygen atoms in total. The van der Waals surface area contributed by atoms with Crippen molar-refractivity contribution in [3.63, 3.8) is 0 Å². The van der Waals surface area contributed by atoms with Crippen molar-refractivity contribution in [3.8, 4) is 5.75 Å². The summed E-state index contributed by atoms with van der Waals surface area (Å²) in [5.74, 6) is -0.340. The highest BCUT2D eigenvalue weighted by Gasteiger charge is 2.39. The number of hydrogen-bond acceptors (Lipinski definition) is 3. The summed E-state index contributed by atoms with van der Waals surface area (Å²) in [6.07, 6.45) is 0.289. The Morgan fingerprint density at radius 1 is 1.60 bits per heavy atom. The summed E-state index contributed by atoms with van der Waals surface area (Å²) >= 11 is 3.34. The molecule has 1 aliphatic rings. The molecule has 1 heterocycles. The van der Waals surface area contributed by atoms with Crippen LogP contribution in [-0.2, 0) is 11.2 Å². The molecule has 0 saturated carbocycles. The van der Waals surface area contributed by atoms with Crippen LogP contribution >= 0.6 is 15.9 Å². The van der Waals surface area contributed by atoms with Gasteiger partial charge in [-0.15, -0.1) is 0 Å². The van der Waals surface area contributed by atoms with Gasteiger partial charge in [0.2, 0.25) is 0 Å². The second kappa shape index (κ2) is 3.50.